The van der Waals surface area contributed by atoms with Gasteiger partial charge in [-0.05, 0) is 29.8 Å². The second-order valence-electron chi connectivity index (χ2n) is 5.35. The van der Waals surface area contributed by atoms with Crippen molar-refractivity contribution in [2.24, 2.45) is 0 Å². The van der Waals surface area contributed by atoms with Gasteiger partial charge in [0, 0.05) is 12.4 Å². The number of aromatic nitrogens is 2. The maximum atomic E-state index is 12.6. The molecule has 0 fully saturated rings. The van der Waals surface area contributed by atoms with E-state index in [1.54, 1.807) is 35.0 Å². The van der Waals surface area contributed by atoms with Gasteiger partial charge in [-0.1, -0.05) is 30.3 Å². The first kappa shape index (κ1) is 16.4. The Labute approximate surface area is 144 Å². The zero-order valence-corrected chi connectivity index (χ0v) is 13.7. The molecule has 1 amide bonds. The van der Waals surface area contributed by atoms with Crippen molar-refractivity contribution in [3.63, 3.8) is 0 Å². The average molecular weight is 335 g/mol. The minimum atomic E-state index is -0.445. The monoisotopic (exact) mass is 335 g/mol. The van der Waals surface area contributed by atoms with Crippen LogP contribution < -0.4 is 15.6 Å². The fraction of sp³-hybridized carbons (Fsp3) is 0.105. The summed E-state index contributed by atoms with van der Waals surface area (Å²) in [5.74, 6) is -0.236. The Hall–Kier alpha value is -3.41. The van der Waals surface area contributed by atoms with Gasteiger partial charge >= 0.3 is 0 Å². The number of carbonyl (C=O) groups is 1. The maximum Gasteiger partial charge on any atom is 0.274 e. The molecule has 1 N–H and O–H groups in total. The third-order valence-electron chi connectivity index (χ3n) is 3.67. The SMILES string of the molecule is COc1ncccc1C(=O)Nc1cccn(Cc2ccccc2)c1=O. The van der Waals surface area contributed by atoms with Crippen molar-refractivity contribution in [2.75, 3.05) is 12.4 Å². The molecule has 0 saturated heterocycles. The van der Waals surface area contributed by atoms with E-state index < -0.39 is 5.91 Å². The highest BCUT2D eigenvalue weighted by Gasteiger charge is 2.15. The number of methoxy groups -OCH3 is 1. The van der Waals surface area contributed by atoms with E-state index in [4.69, 9.17) is 4.74 Å². The summed E-state index contributed by atoms with van der Waals surface area (Å²) in [7, 11) is 1.44. The van der Waals surface area contributed by atoms with Crippen molar-refractivity contribution in [3.05, 3.63) is 88.5 Å². The molecule has 3 aromatic rings. The lowest BCUT2D eigenvalue weighted by Crippen LogP contribution is -2.26. The average Bonchev–Trinajstić information content (AvgIpc) is 2.65. The molecule has 3 rings (SSSR count). The Balaban J connectivity index is 1.85. The first-order valence-corrected chi connectivity index (χ1v) is 7.73. The molecule has 2 aromatic heterocycles. The summed E-state index contributed by atoms with van der Waals surface area (Å²) in [4.78, 5) is 29.0. The predicted molar refractivity (Wildman–Crippen MR) is 95.0 cm³/mol. The van der Waals surface area contributed by atoms with E-state index in [-0.39, 0.29) is 22.7 Å². The van der Waals surface area contributed by atoms with Crippen LogP contribution in [0.15, 0.2) is 71.8 Å². The Kier molecular flexibility index (Phi) is 4.89. The third-order valence-corrected chi connectivity index (χ3v) is 3.67. The smallest absolute Gasteiger partial charge is 0.274 e. The highest BCUT2D eigenvalue weighted by molar-refractivity contribution is 6.05. The summed E-state index contributed by atoms with van der Waals surface area (Å²) in [6.45, 7) is 0.430. The van der Waals surface area contributed by atoms with Crippen molar-refractivity contribution in [3.8, 4) is 5.88 Å². The van der Waals surface area contributed by atoms with Crippen molar-refractivity contribution in [1.82, 2.24) is 9.55 Å². The van der Waals surface area contributed by atoms with Gasteiger partial charge in [-0.2, -0.15) is 0 Å². The van der Waals surface area contributed by atoms with Crippen LogP contribution in [-0.2, 0) is 6.54 Å². The molecule has 0 aliphatic heterocycles. The molecule has 25 heavy (non-hydrogen) atoms. The molecule has 6 heteroatoms. The summed E-state index contributed by atoms with van der Waals surface area (Å²) in [6.07, 6.45) is 3.22. The first-order valence-electron chi connectivity index (χ1n) is 7.73. The van der Waals surface area contributed by atoms with E-state index in [0.29, 0.717) is 6.54 Å². The van der Waals surface area contributed by atoms with Crippen LogP contribution in [0.25, 0.3) is 0 Å². The van der Waals surface area contributed by atoms with Crippen LogP contribution in [0.3, 0.4) is 0 Å². The van der Waals surface area contributed by atoms with Crippen LogP contribution in [0.1, 0.15) is 15.9 Å². The van der Waals surface area contributed by atoms with Crippen molar-refractivity contribution >= 4 is 11.6 Å². The van der Waals surface area contributed by atoms with Gasteiger partial charge in [-0.3, -0.25) is 9.59 Å². The van der Waals surface area contributed by atoms with Gasteiger partial charge < -0.3 is 14.6 Å². The number of hydrogen-bond acceptors (Lipinski definition) is 4. The molecular weight excluding hydrogens is 318 g/mol. The second kappa shape index (κ2) is 7.44. The quantitative estimate of drug-likeness (QED) is 0.778. The zero-order chi connectivity index (χ0) is 17.6. The molecule has 0 unspecified atom stereocenters. The number of nitrogens with one attached hydrogen (secondary N) is 1. The second-order valence-corrected chi connectivity index (χ2v) is 5.35. The van der Waals surface area contributed by atoms with Gasteiger partial charge in [0.15, 0.2) is 0 Å². The molecule has 0 aliphatic carbocycles. The molecule has 1 aromatic carbocycles. The van der Waals surface area contributed by atoms with Crippen molar-refractivity contribution in [1.29, 1.82) is 0 Å². The lowest BCUT2D eigenvalue weighted by atomic mass is 10.2. The first-order chi connectivity index (χ1) is 12.2. The minimum absolute atomic E-state index is 0.203. The number of benzene rings is 1. The predicted octanol–water partition coefficient (Wildman–Crippen LogP) is 2.55. The van der Waals surface area contributed by atoms with Crippen LogP contribution in [0.4, 0.5) is 5.69 Å². The highest BCUT2D eigenvalue weighted by atomic mass is 16.5. The fourth-order valence-corrected chi connectivity index (χ4v) is 2.45. The molecule has 0 saturated carbocycles. The number of rotatable bonds is 5. The van der Waals surface area contributed by atoms with Gasteiger partial charge in [0.1, 0.15) is 11.3 Å². The zero-order valence-electron chi connectivity index (χ0n) is 13.7. The Morgan fingerprint density at radius 2 is 1.92 bits per heavy atom. The molecule has 0 radical (unpaired) electrons. The van der Waals surface area contributed by atoms with Crippen LogP contribution in [0, 0.1) is 0 Å². The minimum Gasteiger partial charge on any atom is -0.480 e. The lowest BCUT2D eigenvalue weighted by Gasteiger charge is -2.10. The van der Waals surface area contributed by atoms with Gasteiger partial charge in [0.05, 0.1) is 13.7 Å². The number of amides is 1. The molecule has 2 heterocycles. The molecule has 0 spiro atoms. The summed E-state index contributed by atoms with van der Waals surface area (Å²) >= 11 is 0. The number of ether oxygens (including phenoxy) is 1. The van der Waals surface area contributed by atoms with E-state index >= 15 is 0 Å². The van der Waals surface area contributed by atoms with Crippen LogP contribution >= 0.6 is 0 Å². The molecular formula is C19H17N3O3. The molecule has 6 nitrogen and oxygen atoms in total. The fourth-order valence-electron chi connectivity index (χ4n) is 2.45. The normalized spacial score (nSPS) is 10.3. The van der Waals surface area contributed by atoms with Gasteiger partial charge in [0.25, 0.3) is 11.5 Å². The topological polar surface area (TPSA) is 73.2 Å². The third kappa shape index (κ3) is 3.74. The number of pyridine rings is 2. The van der Waals surface area contributed by atoms with E-state index in [9.17, 15) is 9.59 Å². The molecule has 126 valence electrons. The van der Waals surface area contributed by atoms with Gasteiger partial charge in [-0.15, -0.1) is 0 Å². The van der Waals surface area contributed by atoms with E-state index in [1.807, 2.05) is 30.3 Å². The lowest BCUT2D eigenvalue weighted by molar-refractivity contribution is 0.102. The number of anilines is 1. The van der Waals surface area contributed by atoms with E-state index in [1.165, 1.54) is 13.3 Å². The summed E-state index contributed by atoms with van der Waals surface area (Å²) in [5.41, 5.74) is 1.20. The Morgan fingerprint density at radius 1 is 1.12 bits per heavy atom. The number of hydrogen-bond donors (Lipinski definition) is 1. The highest BCUT2D eigenvalue weighted by Crippen LogP contribution is 2.15. The maximum absolute atomic E-state index is 12.6. The van der Waals surface area contributed by atoms with Crippen LogP contribution in [0.5, 0.6) is 5.88 Å². The van der Waals surface area contributed by atoms with Crippen molar-refractivity contribution in [2.45, 2.75) is 6.54 Å². The number of carbonyl (C=O) groups excluding carboxylic acids is 1. The van der Waals surface area contributed by atoms with Crippen LogP contribution in [0.2, 0.25) is 0 Å². The van der Waals surface area contributed by atoms with E-state index in [2.05, 4.69) is 10.3 Å². The van der Waals surface area contributed by atoms with Crippen LogP contribution in [-0.4, -0.2) is 22.6 Å². The van der Waals surface area contributed by atoms with Gasteiger partial charge in [-0.25, -0.2) is 4.98 Å². The Morgan fingerprint density at radius 3 is 2.68 bits per heavy atom. The summed E-state index contributed by atoms with van der Waals surface area (Å²) in [5, 5.41) is 2.64. The standard InChI is InChI=1S/C19H17N3O3/c1-25-18-15(9-5-11-20-18)17(23)21-16-10-6-12-22(19(16)24)13-14-7-3-2-4-8-14/h2-12H,13H2,1H3,(H,21,23). The molecule has 0 aliphatic rings. The van der Waals surface area contributed by atoms with Crippen molar-refractivity contribution < 1.29 is 9.53 Å². The summed E-state index contributed by atoms with van der Waals surface area (Å²) in [6, 6.07) is 16.2. The number of nitrogens with zero attached hydrogens (tertiary/aromatic N) is 2. The van der Waals surface area contributed by atoms with Gasteiger partial charge in [0.2, 0.25) is 5.88 Å². The summed E-state index contributed by atoms with van der Waals surface area (Å²) < 4.78 is 6.63. The van der Waals surface area contributed by atoms with E-state index in [0.717, 1.165) is 5.56 Å². The Bertz CT molecular complexity index is 936. The molecule has 0 bridgehead atoms. The largest absolute Gasteiger partial charge is 0.480 e. The molecule has 0 atom stereocenters.